The Bertz CT molecular complexity index is 347. The van der Waals surface area contributed by atoms with E-state index in [2.05, 4.69) is 0 Å². The summed E-state index contributed by atoms with van der Waals surface area (Å²) < 4.78 is 0. The summed E-state index contributed by atoms with van der Waals surface area (Å²) in [6.45, 7) is 8.00. The molecule has 2 amide bonds. The fraction of sp³-hybridized carbons (Fsp3) is 0.786. The first-order valence-electron chi connectivity index (χ1n) is 6.69. The third kappa shape index (κ3) is 3.65. The number of hydrogen-bond donors (Lipinski definition) is 0. The van der Waals surface area contributed by atoms with Gasteiger partial charge in [-0.3, -0.25) is 19.3 Å². The van der Waals surface area contributed by atoms with Crippen molar-refractivity contribution < 1.29 is 14.4 Å². The highest BCUT2D eigenvalue weighted by Gasteiger charge is 2.38. The number of carbonyl (C=O) groups excluding carboxylic acids is 3. The van der Waals surface area contributed by atoms with Gasteiger partial charge in [0.1, 0.15) is 5.78 Å². The summed E-state index contributed by atoms with van der Waals surface area (Å²) in [4.78, 5) is 36.6. The van der Waals surface area contributed by atoms with Gasteiger partial charge in [-0.2, -0.15) is 0 Å². The standard InChI is InChI=1S/C14H23NO3/c1-9(2)7-11-8-13(17)15(14(11)18)6-5-12(16)10(3)4/h9-11H,5-8H2,1-4H3. The number of likely N-dealkylation sites (tertiary alicyclic amines) is 1. The lowest BCUT2D eigenvalue weighted by Crippen LogP contribution is -2.33. The molecule has 0 aromatic heterocycles. The SMILES string of the molecule is CC(C)CC1CC(=O)N(CCC(=O)C(C)C)C1=O. The molecule has 1 aliphatic rings. The molecule has 1 atom stereocenters. The average Bonchev–Trinajstić information content (AvgIpc) is 2.50. The minimum atomic E-state index is -0.174. The van der Waals surface area contributed by atoms with Crippen molar-refractivity contribution in [3.05, 3.63) is 0 Å². The number of nitrogens with zero attached hydrogens (tertiary/aromatic N) is 1. The van der Waals surface area contributed by atoms with E-state index in [1.807, 2.05) is 27.7 Å². The quantitative estimate of drug-likeness (QED) is 0.680. The van der Waals surface area contributed by atoms with Crippen LogP contribution in [0.15, 0.2) is 0 Å². The summed E-state index contributed by atoms with van der Waals surface area (Å²) in [6.07, 6.45) is 1.34. The maximum Gasteiger partial charge on any atom is 0.232 e. The minimum absolute atomic E-state index is 0.0377. The van der Waals surface area contributed by atoms with E-state index in [9.17, 15) is 14.4 Å². The van der Waals surface area contributed by atoms with Crippen molar-refractivity contribution in [2.75, 3.05) is 6.54 Å². The van der Waals surface area contributed by atoms with Crippen LogP contribution in [-0.2, 0) is 14.4 Å². The largest absolute Gasteiger partial charge is 0.299 e. The predicted molar refractivity (Wildman–Crippen MR) is 68.7 cm³/mol. The third-order valence-electron chi connectivity index (χ3n) is 3.32. The van der Waals surface area contributed by atoms with E-state index in [0.717, 1.165) is 6.42 Å². The molecule has 1 fully saturated rings. The normalized spacial score (nSPS) is 20.3. The van der Waals surface area contributed by atoms with Gasteiger partial charge in [-0.25, -0.2) is 0 Å². The van der Waals surface area contributed by atoms with Gasteiger partial charge >= 0.3 is 0 Å². The molecular weight excluding hydrogens is 230 g/mol. The Morgan fingerprint density at radius 1 is 1.28 bits per heavy atom. The molecular formula is C14H23NO3. The van der Waals surface area contributed by atoms with Crippen molar-refractivity contribution in [2.24, 2.45) is 17.8 Å². The van der Waals surface area contributed by atoms with Gasteiger partial charge in [-0.05, 0) is 12.3 Å². The van der Waals surface area contributed by atoms with E-state index in [1.54, 1.807) is 0 Å². The van der Waals surface area contributed by atoms with Crippen LogP contribution >= 0.6 is 0 Å². The van der Waals surface area contributed by atoms with E-state index in [4.69, 9.17) is 0 Å². The van der Waals surface area contributed by atoms with Gasteiger partial charge in [0.25, 0.3) is 0 Å². The van der Waals surface area contributed by atoms with Crippen LogP contribution in [0.2, 0.25) is 0 Å². The molecule has 0 aliphatic carbocycles. The molecule has 4 nitrogen and oxygen atoms in total. The summed E-state index contributed by atoms with van der Waals surface area (Å²) in [5.41, 5.74) is 0. The van der Waals surface area contributed by atoms with E-state index in [-0.39, 0.29) is 42.4 Å². The van der Waals surface area contributed by atoms with E-state index in [1.165, 1.54) is 4.90 Å². The van der Waals surface area contributed by atoms with Crippen LogP contribution in [0.3, 0.4) is 0 Å². The number of rotatable bonds is 6. The summed E-state index contributed by atoms with van der Waals surface area (Å²) >= 11 is 0. The lowest BCUT2D eigenvalue weighted by Gasteiger charge is -2.15. The van der Waals surface area contributed by atoms with Gasteiger partial charge in [-0.15, -0.1) is 0 Å². The molecule has 0 saturated carbocycles. The highest BCUT2D eigenvalue weighted by Crippen LogP contribution is 2.26. The zero-order valence-corrected chi connectivity index (χ0v) is 11.7. The van der Waals surface area contributed by atoms with Crippen LogP contribution < -0.4 is 0 Å². The molecule has 0 aromatic rings. The van der Waals surface area contributed by atoms with Crippen LogP contribution in [0.1, 0.15) is 47.0 Å². The Kier molecular flexibility index (Phi) is 5.05. The second-order valence-corrected chi connectivity index (χ2v) is 5.79. The number of carbonyl (C=O) groups is 3. The Labute approximate surface area is 109 Å². The zero-order chi connectivity index (χ0) is 13.9. The van der Waals surface area contributed by atoms with Gasteiger partial charge < -0.3 is 0 Å². The molecule has 1 aliphatic heterocycles. The molecule has 102 valence electrons. The van der Waals surface area contributed by atoms with Gasteiger partial charge in [0.2, 0.25) is 11.8 Å². The van der Waals surface area contributed by atoms with Crippen molar-refractivity contribution in [1.82, 2.24) is 4.90 Å². The maximum atomic E-state index is 12.0. The fourth-order valence-electron chi connectivity index (χ4n) is 2.25. The van der Waals surface area contributed by atoms with Crippen molar-refractivity contribution in [1.29, 1.82) is 0 Å². The number of imide groups is 1. The fourth-order valence-corrected chi connectivity index (χ4v) is 2.25. The Morgan fingerprint density at radius 2 is 1.89 bits per heavy atom. The van der Waals surface area contributed by atoms with Crippen molar-refractivity contribution >= 4 is 17.6 Å². The molecule has 0 aromatic carbocycles. The molecule has 4 heteroatoms. The zero-order valence-electron chi connectivity index (χ0n) is 11.7. The number of ketones is 1. The maximum absolute atomic E-state index is 12.0. The van der Waals surface area contributed by atoms with Crippen molar-refractivity contribution in [2.45, 2.75) is 47.0 Å². The van der Waals surface area contributed by atoms with Crippen molar-refractivity contribution in [3.63, 3.8) is 0 Å². The van der Waals surface area contributed by atoms with E-state index >= 15 is 0 Å². The monoisotopic (exact) mass is 253 g/mol. The first-order chi connectivity index (χ1) is 8.32. The highest BCUT2D eigenvalue weighted by molar-refractivity contribution is 6.03. The van der Waals surface area contributed by atoms with E-state index in [0.29, 0.717) is 12.3 Å². The molecule has 1 unspecified atom stereocenters. The first kappa shape index (κ1) is 14.9. The lowest BCUT2D eigenvalue weighted by atomic mass is 9.96. The topological polar surface area (TPSA) is 54.5 Å². The van der Waals surface area contributed by atoms with Crippen LogP contribution in [0.4, 0.5) is 0 Å². The molecule has 1 rings (SSSR count). The smallest absolute Gasteiger partial charge is 0.232 e. The molecule has 0 spiro atoms. The van der Waals surface area contributed by atoms with Crippen LogP contribution in [-0.4, -0.2) is 29.0 Å². The molecule has 1 saturated heterocycles. The van der Waals surface area contributed by atoms with Gasteiger partial charge in [0, 0.05) is 31.2 Å². The highest BCUT2D eigenvalue weighted by atomic mass is 16.2. The molecule has 0 radical (unpaired) electrons. The molecule has 1 heterocycles. The van der Waals surface area contributed by atoms with Crippen LogP contribution in [0.5, 0.6) is 0 Å². The number of amides is 2. The minimum Gasteiger partial charge on any atom is -0.299 e. The number of Topliss-reactive ketones (excluding diaryl/α,β-unsaturated/α-hetero) is 1. The Balaban J connectivity index is 2.54. The van der Waals surface area contributed by atoms with Crippen LogP contribution in [0, 0.1) is 17.8 Å². The summed E-state index contributed by atoms with van der Waals surface area (Å²) in [7, 11) is 0. The Morgan fingerprint density at radius 3 is 2.39 bits per heavy atom. The Hall–Kier alpha value is -1.19. The lowest BCUT2D eigenvalue weighted by molar-refractivity contribution is -0.139. The predicted octanol–water partition coefficient (Wildman–Crippen LogP) is 2.02. The average molecular weight is 253 g/mol. The van der Waals surface area contributed by atoms with Gasteiger partial charge in [0.15, 0.2) is 0 Å². The molecule has 0 bridgehead atoms. The second-order valence-electron chi connectivity index (χ2n) is 5.79. The molecule has 18 heavy (non-hydrogen) atoms. The first-order valence-corrected chi connectivity index (χ1v) is 6.69. The van der Waals surface area contributed by atoms with Gasteiger partial charge in [0.05, 0.1) is 0 Å². The number of hydrogen-bond acceptors (Lipinski definition) is 3. The summed E-state index contributed by atoms with van der Waals surface area (Å²) in [6, 6.07) is 0. The summed E-state index contributed by atoms with van der Waals surface area (Å²) in [5.74, 6) is 0.0790. The molecule has 0 N–H and O–H groups in total. The third-order valence-corrected chi connectivity index (χ3v) is 3.32. The van der Waals surface area contributed by atoms with Crippen LogP contribution in [0.25, 0.3) is 0 Å². The van der Waals surface area contributed by atoms with Crippen molar-refractivity contribution in [3.8, 4) is 0 Å². The second kappa shape index (κ2) is 6.12. The van der Waals surface area contributed by atoms with Gasteiger partial charge in [-0.1, -0.05) is 27.7 Å². The van der Waals surface area contributed by atoms with E-state index < -0.39 is 0 Å². The summed E-state index contributed by atoms with van der Waals surface area (Å²) in [5, 5.41) is 0.